The number of aromatic nitrogens is 2. The van der Waals surface area contributed by atoms with Crippen molar-refractivity contribution in [2.24, 2.45) is 0 Å². The van der Waals surface area contributed by atoms with Crippen LogP contribution < -0.4 is 5.32 Å². The number of ether oxygens (including phenoxy) is 1. The summed E-state index contributed by atoms with van der Waals surface area (Å²) >= 11 is 0. The van der Waals surface area contributed by atoms with E-state index in [1.165, 1.54) is 0 Å². The summed E-state index contributed by atoms with van der Waals surface area (Å²) in [7, 11) is 0. The SMILES string of the molecule is c1ccc(-c2ccc(NC[C@@H]3CCCO3)nn2)cc1. The second-order valence-corrected chi connectivity index (χ2v) is 4.69. The summed E-state index contributed by atoms with van der Waals surface area (Å²) in [5.41, 5.74) is 1.98. The monoisotopic (exact) mass is 255 g/mol. The van der Waals surface area contributed by atoms with Crippen LogP contribution in [0.1, 0.15) is 12.8 Å². The maximum absolute atomic E-state index is 5.56. The van der Waals surface area contributed by atoms with E-state index in [9.17, 15) is 0 Å². The normalized spacial score (nSPS) is 18.4. The Bertz CT molecular complexity index is 507. The summed E-state index contributed by atoms with van der Waals surface area (Å²) in [6, 6.07) is 14.0. The molecule has 3 rings (SSSR count). The molecule has 1 aromatic carbocycles. The van der Waals surface area contributed by atoms with Gasteiger partial charge in [-0.1, -0.05) is 30.3 Å². The molecule has 1 aliphatic heterocycles. The van der Waals surface area contributed by atoms with Crippen LogP contribution in [0.2, 0.25) is 0 Å². The first kappa shape index (κ1) is 12.1. The van der Waals surface area contributed by atoms with E-state index in [1.54, 1.807) is 0 Å². The Kier molecular flexibility index (Phi) is 3.70. The smallest absolute Gasteiger partial charge is 0.148 e. The summed E-state index contributed by atoms with van der Waals surface area (Å²) in [4.78, 5) is 0. The predicted octanol–water partition coefficient (Wildman–Crippen LogP) is 2.73. The third kappa shape index (κ3) is 3.09. The van der Waals surface area contributed by atoms with Gasteiger partial charge in [0.1, 0.15) is 5.82 Å². The average Bonchev–Trinajstić information content (AvgIpc) is 3.00. The van der Waals surface area contributed by atoms with Crippen molar-refractivity contribution in [1.29, 1.82) is 0 Å². The van der Waals surface area contributed by atoms with Gasteiger partial charge in [0.2, 0.25) is 0 Å². The molecule has 1 aliphatic rings. The van der Waals surface area contributed by atoms with Crippen molar-refractivity contribution in [3.8, 4) is 11.3 Å². The minimum absolute atomic E-state index is 0.315. The van der Waals surface area contributed by atoms with Crippen molar-refractivity contribution in [2.75, 3.05) is 18.5 Å². The first-order valence-corrected chi connectivity index (χ1v) is 6.66. The highest BCUT2D eigenvalue weighted by atomic mass is 16.5. The largest absolute Gasteiger partial charge is 0.376 e. The van der Waals surface area contributed by atoms with Gasteiger partial charge in [0, 0.05) is 18.7 Å². The summed E-state index contributed by atoms with van der Waals surface area (Å²) in [6.45, 7) is 1.68. The number of nitrogens with zero attached hydrogens (tertiary/aromatic N) is 2. The summed E-state index contributed by atoms with van der Waals surface area (Å²) in [5, 5.41) is 11.7. The topological polar surface area (TPSA) is 47.0 Å². The molecule has 2 heterocycles. The van der Waals surface area contributed by atoms with Crippen LogP contribution in [0, 0.1) is 0 Å². The molecule has 0 aliphatic carbocycles. The third-order valence-corrected chi connectivity index (χ3v) is 3.27. The second kappa shape index (κ2) is 5.80. The predicted molar refractivity (Wildman–Crippen MR) is 74.9 cm³/mol. The van der Waals surface area contributed by atoms with E-state index in [0.717, 1.165) is 43.1 Å². The molecule has 1 fully saturated rings. The van der Waals surface area contributed by atoms with Gasteiger partial charge in [-0.05, 0) is 25.0 Å². The van der Waals surface area contributed by atoms with Gasteiger partial charge >= 0.3 is 0 Å². The number of benzene rings is 1. The lowest BCUT2D eigenvalue weighted by Crippen LogP contribution is -2.19. The second-order valence-electron chi connectivity index (χ2n) is 4.69. The van der Waals surface area contributed by atoms with Gasteiger partial charge < -0.3 is 10.1 Å². The number of hydrogen-bond acceptors (Lipinski definition) is 4. The maximum atomic E-state index is 5.56. The Labute approximate surface area is 112 Å². The highest BCUT2D eigenvalue weighted by molar-refractivity contribution is 5.59. The molecule has 4 heteroatoms. The van der Waals surface area contributed by atoms with Crippen LogP contribution in [-0.4, -0.2) is 29.5 Å². The standard InChI is InChI=1S/C15H17N3O/c1-2-5-12(6-3-1)14-8-9-15(18-17-14)16-11-13-7-4-10-19-13/h1-3,5-6,8-9,13H,4,7,10-11H2,(H,16,18)/t13-/m0/s1. The highest BCUT2D eigenvalue weighted by Crippen LogP contribution is 2.17. The van der Waals surface area contributed by atoms with Crippen LogP contribution in [0.25, 0.3) is 11.3 Å². The van der Waals surface area contributed by atoms with Crippen molar-refractivity contribution in [2.45, 2.75) is 18.9 Å². The number of nitrogens with one attached hydrogen (secondary N) is 1. The summed E-state index contributed by atoms with van der Waals surface area (Å²) in [6.07, 6.45) is 2.60. The maximum Gasteiger partial charge on any atom is 0.148 e. The first-order valence-electron chi connectivity index (χ1n) is 6.66. The number of hydrogen-bond donors (Lipinski definition) is 1. The van der Waals surface area contributed by atoms with Gasteiger partial charge in [0.25, 0.3) is 0 Å². The van der Waals surface area contributed by atoms with Crippen molar-refractivity contribution < 1.29 is 4.74 Å². The fourth-order valence-electron chi connectivity index (χ4n) is 2.21. The van der Waals surface area contributed by atoms with E-state index in [-0.39, 0.29) is 0 Å². The van der Waals surface area contributed by atoms with Gasteiger partial charge in [-0.25, -0.2) is 0 Å². The minimum Gasteiger partial charge on any atom is -0.376 e. The Morgan fingerprint density at radius 2 is 2.00 bits per heavy atom. The molecule has 19 heavy (non-hydrogen) atoms. The fourth-order valence-corrected chi connectivity index (χ4v) is 2.21. The molecule has 1 aromatic heterocycles. The fraction of sp³-hybridized carbons (Fsp3) is 0.333. The Balaban J connectivity index is 1.62. The molecule has 0 radical (unpaired) electrons. The van der Waals surface area contributed by atoms with Gasteiger partial charge in [-0.3, -0.25) is 0 Å². The molecular formula is C15H17N3O. The van der Waals surface area contributed by atoms with Crippen LogP contribution in [-0.2, 0) is 4.74 Å². The zero-order valence-corrected chi connectivity index (χ0v) is 10.7. The van der Waals surface area contributed by atoms with Crippen molar-refractivity contribution in [1.82, 2.24) is 10.2 Å². The molecule has 0 amide bonds. The molecule has 2 aromatic rings. The quantitative estimate of drug-likeness (QED) is 0.912. The molecule has 1 saturated heterocycles. The van der Waals surface area contributed by atoms with Crippen LogP contribution in [0.15, 0.2) is 42.5 Å². The molecule has 1 atom stereocenters. The zero-order valence-electron chi connectivity index (χ0n) is 10.7. The Hall–Kier alpha value is -1.94. The van der Waals surface area contributed by atoms with Crippen molar-refractivity contribution >= 4 is 5.82 Å². The summed E-state index contributed by atoms with van der Waals surface area (Å²) in [5.74, 6) is 0.801. The van der Waals surface area contributed by atoms with Crippen LogP contribution >= 0.6 is 0 Å². The minimum atomic E-state index is 0.315. The van der Waals surface area contributed by atoms with Gasteiger partial charge in [0.05, 0.1) is 11.8 Å². The van der Waals surface area contributed by atoms with Gasteiger partial charge in [-0.2, -0.15) is 0 Å². The lowest BCUT2D eigenvalue weighted by molar-refractivity contribution is 0.120. The molecule has 0 spiro atoms. The van der Waals surface area contributed by atoms with Gasteiger partial charge in [0.15, 0.2) is 0 Å². The Morgan fingerprint density at radius 3 is 2.68 bits per heavy atom. The number of rotatable bonds is 4. The van der Waals surface area contributed by atoms with Crippen molar-refractivity contribution in [3.05, 3.63) is 42.5 Å². The number of anilines is 1. The van der Waals surface area contributed by atoms with E-state index in [0.29, 0.717) is 6.10 Å². The van der Waals surface area contributed by atoms with Gasteiger partial charge in [-0.15, -0.1) is 10.2 Å². The first-order chi connectivity index (χ1) is 9.42. The van der Waals surface area contributed by atoms with Crippen LogP contribution in [0.3, 0.4) is 0 Å². The van der Waals surface area contributed by atoms with Crippen molar-refractivity contribution in [3.63, 3.8) is 0 Å². The molecule has 0 saturated carbocycles. The van der Waals surface area contributed by atoms with E-state index in [2.05, 4.69) is 15.5 Å². The molecule has 1 N–H and O–H groups in total. The third-order valence-electron chi connectivity index (χ3n) is 3.27. The molecule has 98 valence electrons. The van der Waals surface area contributed by atoms with Crippen LogP contribution in [0.5, 0.6) is 0 Å². The van der Waals surface area contributed by atoms with E-state index in [1.807, 2.05) is 42.5 Å². The molecular weight excluding hydrogens is 238 g/mol. The van der Waals surface area contributed by atoms with E-state index < -0.39 is 0 Å². The van der Waals surface area contributed by atoms with E-state index in [4.69, 9.17) is 4.74 Å². The zero-order chi connectivity index (χ0) is 12.9. The molecule has 0 unspecified atom stereocenters. The molecule has 4 nitrogen and oxygen atoms in total. The lowest BCUT2D eigenvalue weighted by Gasteiger charge is -2.10. The van der Waals surface area contributed by atoms with E-state index >= 15 is 0 Å². The lowest BCUT2D eigenvalue weighted by atomic mass is 10.1. The Morgan fingerprint density at radius 1 is 1.11 bits per heavy atom. The summed E-state index contributed by atoms with van der Waals surface area (Å²) < 4.78 is 5.56. The highest BCUT2D eigenvalue weighted by Gasteiger charge is 2.14. The molecule has 0 bridgehead atoms. The average molecular weight is 255 g/mol. The van der Waals surface area contributed by atoms with Crippen LogP contribution in [0.4, 0.5) is 5.82 Å².